The number of ether oxygens (including phenoxy) is 1. The molecule has 0 aromatic heterocycles. The molecule has 0 spiro atoms. The first-order valence-corrected chi connectivity index (χ1v) is 16.4. The van der Waals surface area contributed by atoms with Crippen molar-refractivity contribution in [2.24, 2.45) is 0 Å². The van der Waals surface area contributed by atoms with Crippen molar-refractivity contribution in [3.63, 3.8) is 0 Å². The van der Waals surface area contributed by atoms with Crippen LogP contribution in [0.3, 0.4) is 0 Å². The van der Waals surface area contributed by atoms with Crippen LogP contribution < -0.4 is 0 Å². The highest BCUT2D eigenvalue weighted by Gasteiger charge is 2.32. The predicted octanol–water partition coefficient (Wildman–Crippen LogP) is 9.04. The second kappa shape index (κ2) is 17.9. The molecule has 2 unspecified atom stereocenters. The number of hydrogen-bond acceptors (Lipinski definition) is 1. The Morgan fingerprint density at radius 2 is 1.24 bits per heavy atom. The van der Waals surface area contributed by atoms with Crippen LogP contribution in [-0.2, 0) is 22.1 Å². The molecule has 1 aliphatic carbocycles. The van der Waals surface area contributed by atoms with E-state index in [0.717, 1.165) is 11.9 Å². The van der Waals surface area contributed by atoms with E-state index in [1.807, 2.05) is 0 Å². The molecule has 2 atom stereocenters. The Hall–Kier alpha value is -0.470. The van der Waals surface area contributed by atoms with Crippen LogP contribution in [0.5, 0.6) is 0 Å². The van der Waals surface area contributed by atoms with Crippen LogP contribution in [0.4, 0.5) is 0 Å². The van der Waals surface area contributed by atoms with Gasteiger partial charge in [-0.2, -0.15) is 0 Å². The maximum Gasteiger partial charge on any atom is 0.118 e. The molecule has 1 heterocycles. The summed E-state index contributed by atoms with van der Waals surface area (Å²) in [6.07, 6.45) is 29.4. The van der Waals surface area contributed by atoms with E-state index in [4.69, 9.17) is 4.74 Å². The Morgan fingerprint density at radius 3 is 1.85 bits per heavy atom. The fraction of sp³-hybridized carbons (Fsp3) is 0.806. The van der Waals surface area contributed by atoms with Crippen molar-refractivity contribution >= 4 is 10.9 Å². The lowest BCUT2D eigenvalue weighted by atomic mass is 10.0. The van der Waals surface area contributed by atoms with Crippen molar-refractivity contribution in [3.8, 4) is 0 Å². The summed E-state index contributed by atoms with van der Waals surface area (Å²) in [6, 6.07) is 11.2. The smallest absolute Gasteiger partial charge is 0.118 e. The summed E-state index contributed by atoms with van der Waals surface area (Å²) in [6.45, 7) is 1.01. The number of rotatable bonds is 19. The second-order valence-corrected chi connectivity index (χ2v) is 13.3. The molecule has 0 N–H and O–H groups in total. The molecule has 0 amide bonds. The van der Waals surface area contributed by atoms with Gasteiger partial charge in [0.25, 0.3) is 0 Å². The molecular formula is C31H53OS+. The van der Waals surface area contributed by atoms with E-state index in [2.05, 4.69) is 30.3 Å². The van der Waals surface area contributed by atoms with Gasteiger partial charge in [0.05, 0.1) is 6.10 Å². The largest absolute Gasteiger partial charge is 0.378 e. The molecule has 188 valence electrons. The van der Waals surface area contributed by atoms with Gasteiger partial charge in [-0.1, -0.05) is 94.5 Å². The van der Waals surface area contributed by atoms with Crippen LogP contribution in [0, 0.1) is 0 Å². The van der Waals surface area contributed by atoms with E-state index in [1.165, 1.54) is 140 Å². The lowest BCUT2D eigenvalue weighted by Crippen LogP contribution is -2.26. The van der Waals surface area contributed by atoms with Gasteiger partial charge in [0.1, 0.15) is 16.8 Å². The zero-order valence-corrected chi connectivity index (χ0v) is 22.4. The summed E-state index contributed by atoms with van der Waals surface area (Å²) in [5, 5.41) is 1.06. The maximum absolute atomic E-state index is 5.72. The molecule has 1 aromatic carbocycles. The lowest BCUT2D eigenvalue weighted by molar-refractivity contribution is 0.102. The summed E-state index contributed by atoms with van der Waals surface area (Å²) in [4.78, 5) is 0. The van der Waals surface area contributed by atoms with Crippen molar-refractivity contribution in [1.29, 1.82) is 0 Å². The highest BCUT2D eigenvalue weighted by molar-refractivity contribution is 7.97. The zero-order valence-electron chi connectivity index (χ0n) is 21.6. The zero-order chi connectivity index (χ0) is 22.8. The number of benzene rings is 1. The van der Waals surface area contributed by atoms with E-state index in [1.54, 1.807) is 5.56 Å². The molecule has 1 aliphatic heterocycles. The Kier molecular flexibility index (Phi) is 14.7. The predicted molar refractivity (Wildman–Crippen MR) is 148 cm³/mol. The van der Waals surface area contributed by atoms with Crippen molar-refractivity contribution < 1.29 is 4.74 Å². The lowest BCUT2D eigenvalue weighted by Gasteiger charge is -2.15. The highest BCUT2D eigenvalue weighted by Crippen LogP contribution is 2.28. The van der Waals surface area contributed by atoms with E-state index in [-0.39, 0.29) is 0 Å². The molecule has 33 heavy (non-hydrogen) atoms. The molecule has 0 radical (unpaired) electrons. The molecule has 0 bridgehead atoms. The number of hydrogen-bond donors (Lipinski definition) is 0. The van der Waals surface area contributed by atoms with Crippen molar-refractivity contribution in [3.05, 3.63) is 35.9 Å². The van der Waals surface area contributed by atoms with Crippen molar-refractivity contribution in [2.45, 2.75) is 140 Å². The topological polar surface area (TPSA) is 9.23 Å². The summed E-state index contributed by atoms with van der Waals surface area (Å²) in [5.74, 6) is 2.97. The minimum atomic E-state index is 0.605. The van der Waals surface area contributed by atoms with Gasteiger partial charge in [-0.25, -0.2) is 0 Å². The molecule has 1 nitrogen and oxygen atoms in total. The number of unbranched alkanes of at least 4 members (excludes halogenated alkanes) is 11. The molecule has 3 rings (SSSR count). The summed E-state index contributed by atoms with van der Waals surface area (Å²) < 4.78 is 5.72. The third-order valence-electron chi connectivity index (χ3n) is 7.98. The monoisotopic (exact) mass is 473 g/mol. The van der Waals surface area contributed by atoms with Gasteiger partial charge in [-0.05, 0) is 74.2 Å². The fourth-order valence-electron chi connectivity index (χ4n) is 5.85. The first kappa shape index (κ1) is 27.1. The first-order chi connectivity index (χ1) is 16.4. The molecule has 1 aromatic rings. The average molecular weight is 474 g/mol. The Bertz CT molecular complexity index is 562. The average Bonchev–Trinajstić information content (AvgIpc) is 3.56. The molecule has 1 saturated heterocycles. The molecular weight excluding hydrogens is 420 g/mol. The third-order valence-corrected chi connectivity index (χ3v) is 10.9. The van der Waals surface area contributed by atoms with E-state index < -0.39 is 0 Å². The minimum absolute atomic E-state index is 0.605. The van der Waals surface area contributed by atoms with Gasteiger partial charge in [-0.3, -0.25) is 0 Å². The minimum Gasteiger partial charge on any atom is -0.378 e. The van der Waals surface area contributed by atoms with Crippen molar-refractivity contribution in [1.82, 2.24) is 0 Å². The molecule has 2 fully saturated rings. The van der Waals surface area contributed by atoms with Gasteiger partial charge in [-0.15, -0.1) is 0 Å². The fourth-order valence-corrected chi connectivity index (χ4v) is 8.79. The molecule has 2 heteroatoms. The highest BCUT2D eigenvalue weighted by atomic mass is 32.2. The van der Waals surface area contributed by atoms with Crippen LogP contribution in [0.15, 0.2) is 30.3 Å². The standard InChI is InChI=1S/C31H53OS/c1(3-5-7-9-14-21-30-22-18-26-32-30)2-4-6-8-10-17-27-33(31-23-15-16-24-31)28-25-29-19-12-11-13-20-29/h11-13,19-20,30-31H,1-10,14-18,21-28H2/q+1. The summed E-state index contributed by atoms with van der Waals surface area (Å²) in [5.41, 5.74) is 1.55. The SMILES string of the molecule is c1ccc(CC[S+](CCCCCCCCCCCCCCC2CCCO2)C2CCCC2)cc1. The molecule has 1 saturated carbocycles. The van der Waals surface area contributed by atoms with Gasteiger partial charge >= 0.3 is 0 Å². The van der Waals surface area contributed by atoms with Gasteiger partial charge in [0, 0.05) is 13.0 Å². The Morgan fingerprint density at radius 1 is 0.636 bits per heavy atom. The summed E-state index contributed by atoms with van der Waals surface area (Å²) in [7, 11) is 0.676. The van der Waals surface area contributed by atoms with Crippen molar-refractivity contribution in [2.75, 3.05) is 18.1 Å². The van der Waals surface area contributed by atoms with Gasteiger partial charge in [0.15, 0.2) is 0 Å². The van der Waals surface area contributed by atoms with Crippen LogP contribution in [0.1, 0.15) is 128 Å². The van der Waals surface area contributed by atoms with Crippen LogP contribution in [-0.4, -0.2) is 29.5 Å². The number of aryl methyl sites for hydroxylation is 1. The quantitative estimate of drug-likeness (QED) is 0.144. The first-order valence-electron chi connectivity index (χ1n) is 14.7. The Balaban J connectivity index is 1.11. The van der Waals surface area contributed by atoms with Gasteiger partial charge in [0.2, 0.25) is 0 Å². The second-order valence-electron chi connectivity index (χ2n) is 10.8. The van der Waals surface area contributed by atoms with Gasteiger partial charge < -0.3 is 4.74 Å². The Labute approximate surface area is 209 Å². The summed E-state index contributed by atoms with van der Waals surface area (Å²) >= 11 is 0. The van der Waals surface area contributed by atoms with E-state index in [0.29, 0.717) is 17.0 Å². The normalized spacial score (nSPS) is 19.9. The maximum atomic E-state index is 5.72. The van der Waals surface area contributed by atoms with E-state index >= 15 is 0 Å². The van der Waals surface area contributed by atoms with Crippen LogP contribution in [0.25, 0.3) is 0 Å². The van der Waals surface area contributed by atoms with Crippen LogP contribution >= 0.6 is 0 Å². The van der Waals surface area contributed by atoms with Crippen LogP contribution in [0.2, 0.25) is 0 Å². The van der Waals surface area contributed by atoms with E-state index in [9.17, 15) is 0 Å². The molecule has 2 aliphatic rings. The third kappa shape index (κ3) is 12.2.